The molecule has 0 bridgehead atoms. The van der Waals surface area contributed by atoms with E-state index in [1.54, 1.807) is 18.5 Å². The van der Waals surface area contributed by atoms with Crippen molar-refractivity contribution in [1.82, 2.24) is 9.38 Å². The lowest BCUT2D eigenvalue weighted by Crippen LogP contribution is -2.12. The van der Waals surface area contributed by atoms with Gasteiger partial charge in [-0.3, -0.25) is 0 Å². The monoisotopic (exact) mass is 237 g/mol. The van der Waals surface area contributed by atoms with E-state index in [4.69, 9.17) is 5.14 Å². The van der Waals surface area contributed by atoms with Crippen molar-refractivity contribution >= 4 is 15.5 Å². The second kappa shape index (κ2) is 3.05. The number of nitrogens with two attached hydrogens (primary N) is 1. The topological polar surface area (TPSA) is 77.5 Å². The van der Waals surface area contributed by atoms with E-state index in [2.05, 4.69) is 4.98 Å². The van der Waals surface area contributed by atoms with Crippen LogP contribution in [-0.4, -0.2) is 17.8 Å². The van der Waals surface area contributed by atoms with Gasteiger partial charge in [-0.2, -0.15) is 0 Å². The van der Waals surface area contributed by atoms with Crippen molar-refractivity contribution in [3.8, 4) is 0 Å². The molecule has 0 atom stereocenters. The molecule has 0 amide bonds. The fraction of sp³-hybridized carbons (Fsp3) is 0.300. The molecule has 1 aliphatic carbocycles. The van der Waals surface area contributed by atoms with Crippen LogP contribution in [0.3, 0.4) is 0 Å². The highest BCUT2D eigenvalue weighted by atomic mass is 32.2. The van der Waals surface area contributed by atoms with Gasteiger partial charge in [0.2, 0.25) is 10.0 Å². The minimum atomic E-state index is -3.63. The number of primary sulfonamides is 1. The van der Waals surface area contributed by atoms with Crippen LogP contribution in [0.4, 0.5) is 0 Å². The number of rotatable bonds is 2. The molecule has 0 aliphatic heterocycles. The standard InChI is InChI=1S/C10H11N3O2S/c11-16(14,15)9-3-4-13-8(5-9)6-12-10(13)7-1-2-7/h3-7H,1-2H2,(H2,11,14,15). The summed E-state index contributed by atoms with van der Waals surface area (Å²) in [6, 6.07) is 3.06. The molecular formula is C10H11N3O2S. The molecule has 5 nitrogen and oxygen atoms in total. The van der Waals surface area contributed by atoms with Gasteiger partial charge in [-0.25, -0.2) is 18.5 Å². The molecule has 6 heteroatoms. The summed E-state index contributed by atoms with van der Waals surface area (Å²) in [5.74, 6) is 1.54. The van der Waals surface area contributed by atoms with E-state index in [1.807, 2.05) is 4.40 Å². The quantitative estimate of drug-likeness (QED) is 0.841. The van der Waals surface area contributed by atoms with Crippen molar-refractivity contribution in [3.05, 3.63) is 30.4 Å². The molecule has 1 aliphatic rings. The molecule has 0 radical (unpaired) electrons. The van der Waals surface area contributed by atoms with Crippen LogP contribution in [0.15, 0.2) is 29.4 Å². The lowest BCUT2D eigenvalue weighted by atomic mass is 10.4. The van der Waals surface area contributed by atoms with Crippen molar-refractivity contribution in [2.24, 2.45) is 5.14 Å². The summed E-state index contributed by atoms with van der Waals surface area (Å²) in [4.78, 5) is 4.43. The Labute approximate surface area is 93.0 Å². The zero-order chi connectivity index (χ0) is 11.3. The van der Waals surface area contributed by atoms with Crippen LogP contribution in [0.2, 0.25) is 0 Å². The Balaban J connectivity index is 2.20. The number of sulfonamides is 1. The fourth-order valence-corrected chi connectivity index (χ4v) is 2.36. The number of nitrogens with zero attached hydrogens (tertiary/aromatic N) is 2. The van der Waals surface area contributed by atoms with Gasteiger partial charge < -0.3 is 4.40 Å². The Morgan fingerprint density at radius 2 is 2.19 bits per heavy atom. The normalized spacial score (nSPS) is 16.8. The second-order valence-corrected chi connectivity index (χ2v) is 5.65. The number of pyridine rings is 1. The average molecular weight is 237 g/mol. The third-order valence-electron chi connectivity index (χ3n) is 2.80. The van der Waals surface area contributed by atoms with Gasteiger partial charge in [-0.1, -0.05) is 0 Å². The first-order chi connectivity index (χ1) is 7.55. The zero-order valence-corrected chi connectivity index (χ0v) is 9.31. The van der Waals surface area contributed by atoms with Crippen molar-refractivity contribution in [1.29, 1.82) is 0 Å². The lowest BCUT2D eigenvalue weighted by Gasteiger charge is -2.01. The van der Waals surface area contributed by atoms with Crippen LogP contribution in [-0.2, 0) is 10.0 Å². The molecule has 2 N–H and O–H groups in total. The van der Waals surface area contributed by atoms with E-state index in [0.29, 0.717) is 5.92 Å². The first-order valence-corrected chi connectivity index (χ1v) is 6.60. The van der Waals surface area contributed by atoms with Crippen LogP contribution < -0.4 is 5.14 Å². The molecule has 84 valence electrons. The highest BCUT2D eigenvalue weighted by Crippen LogP contribution is 2.39. The maximum Gasteiger partial charge on any atom is 0.238 e. The summed E-state index contributed by atoms with van der Waals surface area (Å²) >= 11 is 0. The number of imidazole rings is 1. The Bertz CT molecular complexity index is 656. The van der Waals surface area contributed by atoms with Gasteiger partial charge in [-0.05, 0) is 25.0 Å². The van der Waals surface area contributed by atoms with E-state index in [0.717, 1.165) is 24.2 Å². The smallest absolute Gasteiger partial charge is 0.238 e. The van der Waals surface area contributed by atoms with E-state index in [1.165, 1.54) is 6.07 Å². The summed E-state index contributed by atoms with van der Waals surface area (Å²) in [5, 5.41) is 5.07. The Hall–Kier alpha value is -1.40. The van der Waals surface area contributed by atoms with Crippen LogP contribution >= 0.6 is 0 Å². The fourth-order valence-electron chi connectivity index (χ4n) is 1.82. The molecule has 0 saturated heterocycles. The summed E-state index contributed by atoms with van der Waals surface area (Å²) in [6.45, 7) is 0. The maximum atomic E-state index is 11.2. The zero-order valence-electron chi connectivity index (χ0n) is 8.50. The molecule has 1 fully saturated rings. The molecule has 2 aromatic rings. The molecule has 3 rings (SSSR count). The predicted molar refractivity (Wildman–Crippen MR) is 58.5 cm³/mol. The van der Waals surface area contributed by atoms with Gasteiger partial charge in [-0.15, -0.1) is 0 Å². The van der Waals surface area contributed by atoms with Crippen molar-refractivity contribution in [2.75, 3.05) is 0 Å². The van der Waals surface area contributed by atoms with Gasteiger partial charge >= 0.3 is 0 Å². The molecule has 0 unspecified atom stereocenters. The number of fused-ring (bicyclic) bond motifs is 1. The Kier molecular flexibility index (Phi) is 1.87. The summed E-state index contributed by atoms with van der Waals surface area (Å²) < 4.78 is 24.3. The van der Waals surface area contributed by atoms with E-state index < -0.39 is 10.0 Å². The molecule has 1 saturated carbocycles. The third-order valence-corrected chi connectivity index (χ3v) is 3.71. The van der Waals surface area contributed by atoms with E-state index >= 15 is 0 Å². The first kappa shape index (κ1) is 9.80. The summed E-state index contributed by atoms with van der Waals surface area (Å²) in [6.07, 6.45) is 5.73. The minimum absolute atomic E-state index is 0.127. The molecule has 2 heterocycles. The molecular weight excluding hydrogens is 226 g/mol. The lowest BCUT2D eigenvalue weighted by molar-refractivity contribution is 0.597. The predicted octanol–water partition coefficient (Wildman–Crippen LogP) is 0.859. The minimum Gasteiger partial charge on any atom is -0.303 e. The highest BCUT2D eigenvalue weighted by molar-refractivity contribution is 7.89. The van der Waals surface area contributed by atoms with Crippen LogP contribution in [0.1, 0.15) is 24.6 Å². The van der Waals surface area contributed by atoms with E-state index in [9.17, 15) is 8.42 Å². The van der Waals surface area contributed by atoms with Crippen LogP contribution in [0, 0.1) is 0 Å². The second-order valence-electron chi connectivity index (χ2n) is 4.09. The van der Waals surface area contributed by atoms with Crippen molar-refractivity contribution in [2.45, 2.75) is 23.7 Å². The highest BCUT2D eigenvalue weighted by Gasteiger charge is 2.27. The first-order valence-electron chi connectivity index (χ1n) is 5.05. The van der Waals surface area contributed by atoms with Crippen molar-refractivity contribution in [3.63, 3.8) is 0 Å². The average Bonchev–Trinajstić information content (AvgIpc) is 2.96. The Morgan fingerprint density at radius 3 is 2.81 bits per heavy atom. The van der Waals surface area contributed by atoms with Gasteiger partial charge in [0, 0.05) is 12.1 Å². The summed E-state index contributed by atoms with van der Waals surface area (Å²) in [7, 11) is -3.63. The maximum absolute atomic E-state index is 11.2. The molecule has 2 aromatic heterocycles. The largest absolute Gasteiger partial charge is 0.303 e. The third kappa shape index (κ3) is 1.50. The van der Waals surface area contributed by atoms with Gasteiger partial charge in [0.1, 0.15) is 5.82 Å². The number of hydrogen-bond donors (Lipinski definition) is 1. The van der Waals surface area contributed by atoms with E-state index in [-0.39, 0.29) is 4.90 Å². The van der Waals surface area contributed by atoms with Gasteiger partial charge in [0.25, 0.3) is 0 Å². The summed E-state index contributed by atoms with van der Waals surface area (Å²) in [5.41, 5.74) is 0.772. The number of aromatic nitrogens is 2. The van der Waals surface area contributed by atoms with Crippen LogP contribution in [0.25, 0.3) is 5.52 Å². The molecule has 0 spiro atoms. The molecule has 16 heavy (non-hydrogen) atoms. The number of hydrogen-bond acceptors (Lipinski definition) is 3. The van der Waals surface area contributed by atoms with Crippen molar-refractivity contribution < 1.29 is 8.42 Å². The SMILES string of the molecule is NS(=O)(=O)c1ccn2c(C3CC3)ncc2c1. The Morgan fingerprint density at radius 1 is 1.44 bits per heavy atom. The molecule has 0 aromatic carbocycles. The van der Waals surface area contributed by atoms with Crippen LogP contribution in [0.5, 0.6) is 0 Å². The van der Waals surface area contributed by atoms with Gasteiger partial charge in [0.15, 0.2) is 0 Å². The van der Waals surface area contributed by atoms with Gasteiger partial charge in [0.05, 0.1) is 16.6 Å².